The van der Waals surface area contributed by atoms with E-state index in [2.05, 4.69) is 15.3 Å². The highest BCUT2D eigenvalue weighted by molar-refractivity contribution is 5.80. The highest BCUT2D eigenvalue weighted by Crippen LogP contribution is 2.00. The third-order valence-electron chi connectivity index (χ3n) is 2.13. The Bertz CT molecular complexity index is 485. The summed E-state index contributed by atoms with van der Waals surface area (Å²) in [4.78, 5) is 24.6. The SMILES string of the molecule is [N-]=[N+]=NCC(NC(=O)OCc1ccccc1)C(=O)O. The number of carbonyl (C=O) groups is 2. The Kier molecular flexibility index (Phi) is 5.71. The number of carboxylic acids is 1. The van der Waals surface area contributed by atoms with E-state index < -0.39 is 18.1 Å². The van der Waals surface area contributed by atoms with Crippen LogP contribution in [0, 0.1) is 0 Å². The molecule has 8 heteroatoms. The fourth-order valence-corrected chi connectivity index (χ4v) is 1.21. The van der Waals surface area contributed by atoms with Crippen molar-refractivity contribution in [3.63, 3.8) is 0 Å². The summed E-state index contributed by atoms with van der Waals surface area (Å²) >= 11 is 0. The van der Waals surface area contributed by atoms with E-state index in [0.717, 1.165) is 5.56 Å². The number of azide groups is 1. The maximum Gasteiger partial charge on any atom is 0.408 e. The molecule has 19 heavy (non-hydrogen) atoms. The van der Waals surface area contributed by atoms with Crippen molar-refractivity contribution in [1.82, 2.24) is 5.32 Å². The molecule has 0 aliphatic rings. The molecule has 0 radical (unpaired) electrons. The minimum Gasteiger partial charge on any atom is -0.480 e. The topological polar surface area (TPSA) is 124 Å². The van der Waals surface area contributed by atoms with Crippen molar-refractivity contribution in [3.05, 3.63) is 46.3 Å². The summed E-state index contributed by atoms with van der Waals surface area (Å²) in [5, 5.41) is 14.0. The van der Waals surface area contributed by atoms with Crippen LogP contribution in [0.5, 0.6) is 0 Å². The van der Waals surface area contributed by atoms with Gasteiger partial charge in [0.2, 0.25) is 0 Å². The van der Waals surface area contributed by atoms with Crippen LogP contribution in [0.1, 0.15) is 5.56 Å². The molecule has 0 aliphatic carbocycles. The van der Waals surface area contributed by atoms with E-state index in [1.54, 1.807) is 24.3 Å². The Morgan fingerprint density at radius 3 is 2.68 bits per heavy atom. The van der Waals surface area contributed by atoms with Gasteiger partial charge in [-0.1, -0.05) is 35.4 Å². The van der Waals surface area contributed by atoms with E-state index >= 15 is 0 Å². The Labute approximate surface area is 108 Å². The van der Waals surface area contributed by atoms with Crippen LogP contribution in [0.2, 0.25) is 0 Å². The van der Waals surface area contributed by atoms with Crippen LogP contribution in [-0.4, -0.2) is 29.8 Å². The van der Waals surface area contributed by atoms with Gasteiger partial charge in [-0.05, 0) is 11.1 Å². The van der Waals surface area contributed by atoms with Crippen molar-refractivity contribution in [3.8, 4) is 0 Å². The van der Waals surface area contributed by atoms with Crippen LogP contribution in [-0.2, 0) is 16.1 Å². The molecule has 0 heterocycles. The summed E-state index contributed by atoms with van der Waals surface area (Å²) in [6, 6.07) is 7.63. The number of benzene rings is 1. The average Bonchev–Trinajstić information content (AvgIpc) is 2.42. The molecule has 1 aromatic rings. The minimum atomic E-state index is -1.31. The molecule has 1 rings (SSSR count). The third kappa shape index (κ3) is 5.42. The van der Waals surface area contributed by atoms with Crippen LogP contribution >= 0.6 is 0 Å². The highest BCUT2D eigenvalue weighted by Gasteiger charge is 2.19. The van der Waals surface area contributed by atoms with E-state index in [0.29, 0.717) is 0 Å². The zero-order valence-electron chi connectivity index (χ0n) is 9.89. The average molecular weight is 264 g/mol. The summed E-state index contributed by atoms with van der Waals surface area (Å²) in [6.07, 6.45) is -0.885. The first kappa shape index (κ1) is 14.3. The number of hydrogen-bond acceptors (Lipinski definition) is 4. The Morgan fingerprint density at radius 2 is 2.11 bits per heavy atom. The zero-order valence-corrected chi connectivity index (χ0v) is 9.89. The van der Waals surface area contributed by atoms with E-state index in [9.17, 15) is 9.59 Å². The second-order valence-corrected chi connectivity index (χ2v) is 3.51. The molecule has 0 spiro atoms. The quantitative estimate of drug-likeness (QED) is 0.460. The first-order valence-corrected chi connectivity index (χ1v) is 5.34. The molecule has 1 amide bonds. The second-order valence-electron chi connectivity index (χ2n) is 3.51. The molecule has 0 saturated heterocycles. The molecule has 0 bridgehead atoms. The number of carbonyl (C=O) groups excluding carboxylic acids is 1. The predicted octanol–water partition coefficient (Wildman–Crippen LogP) is 1.68. The second kappa shape index (κ2) is 7.57. The van der Waals surface area contributed by atoms with Crippen molar-refractivity contribution < 1.29 is 19.4 Å². The van der Waals surface area contributed by atoms with Crippen LogP contribution in [0.15, 0.2) is 35.4 Å². The maximum absolute atomic E-state index is 11.4. The van der Waals surface area contributed by atoms with Gasteiger partial charge < -0.3 is 15.2 Å². The summed E-state index contributed by atoms with van der Waals surface area (Å²) in [5.74, 6) is -1.30. The van der Waals surface area contributed by atoms with Gasteiger partial charge in [0.25, 0.3) is 0 Å². The number of hydrogen-bond donors (Lipinski definition) is 2. The molecule has 0 saturated carbocycles. The van der Waals surface area contributed by atoms with Gasteiger partial charge in [-0.25, -0.2) is 9.59 Å². The molecule has 1 unspecified atom stereocenters. The van der Waals surface area contributed by atoms with Gasteiger partial charge in [-0.2, -0.15) is 0 Å². The van der Waals surface area contributed by atoms with E-state index in [-0.39, 0.29) is 13.2 Å². The fraction of sp³-hybridized carbons (Fsp3) is 0.273. The number of alkyl carbamates (subject to hydrolysis) is 1. The van der Waals surface area contributed by atoms with Gasteiger partial charge in [-0.15, -0.1) is 0 Å². The van der Waals surface area contributed by atoms with Gasteiger partial charge in [0.15, 0.2) is 0 Å². The van der Waals surface area contributed by atoms with E-state index in [1.807, 2.05) is 6.07 Å². The monoisotopic (exact) mass is 264 g/mol. The van der Waals surface area contributed by atoms with Gasteiger partial charge in [-0.3, -0.25) is 0 Å². The Balaban J connectivity index is 2.44. The molecule has 1 aromatic carbocycles. The van der Waals surface area contributed by atoms with Crippen LogP contribution in [0.25, 0.3) is 10.4 Å². The van der Waals surface area contributed by atoms with Crippen molar-refractivity contribution in [2.24, 2.45) is 5.11 Å². The molecule has 0 fully saturated rings. The van der Waals surface area contributed by atoms with Gasteiger partial charge in [0.05, 0.1) is 6.54 Å². The first-order chi connectivity index (χ1) is 9.13. The van der Waals surface area contributed by atoms with Gasteiger partial charge in [0, 0.05) is 4.91 Å². The number of amides is 1. The zero-order chi connectivity index (χ0) is 14.1. The number of ether oxygens (including phenoxy) is 1. The lowest BCUT2D eigenvalue weighted by molar-refractivity contribution is -0.139. The molecular formula is C11H12N4O4. The fourth-order valence-electron chi connectivity index (χ4n) is 1.21. The number of carboxylic acid groups (broad SMARTS) is 1. The third-order valence-corrected chi connectivity index (χ3v) is 2.13. The van der Waals surface area contributed by atoms with Crippen molar-refractivity contribution >= 4 is 12.1 Å². The molecular weight excluding hydrogens is 252 g/mol. The van der Waals surface area contributed by atoms with Crippen LogP contribution in [0.3, 0.4) is 0 Å². The normalized spacial score (nSPS) is 10.9. The minimum absolute atomic E-state index is 0.0283. The summed E-state index contributed by atoms with van der Waals surface area (Å²) in [7, 11) is 0. The lowest BCUT2D eigenvalue weighted by Gasteiger charge is -2.12. The standard InChI is InChI=1S/C11H12N4O4/c12-15-13-6-9(10(16)17)14-11(18)19-7-8-4-2-1-3-5-8/h1-5,9H,6-7H2,(H,14,18)(H,16,17). The van der Waals surface area contributed by atoms with Gasteiger partial charge in [0.1, 0.15) is 12.6 Å². The highest BCUT2D eigenvalue weighted by atomic mass is 16.5. The van der Waals surface area contributed by atoms with E-state index in [1.165, 1.54) is 0 Å². The number of rotatable bonds is 6. The summed E-state index contributed by atoms with van der Waals surface area (Å²) in [5.41, 5.74) is 8.88. The van der Waals surface area contributed by atoms with Crippen molar-refractivity contribution in [2.45, 2.75) is 12.6 Å². The molecule has 2 N–H and O–H groups in total. The summed E-state index contributed by atoms with van der Waals surface area (Å²) < 4.78 is 4.84. The molecule has 100 valence electrons. The molecule has 1 atom stereocenters. The Hall–Kier alpha value is -2.73. The smallest absolute Gasteiger partial charge is 0.408 e. The van der Waals surface area contributed by atoms with Crippen molar-refractivity contribution in [1.29, 1.82) is 0 Å². The number of aliphatic carboxylic acids is 1. The first-order valence-electron chi connectivity index (χ1n) is 5.34. The molecule has 0 aliphatic heterocycles. The van der Waals surface area contributed by atoms with Crippen LogP contribution < -0.4 is 5.32 Å². The molecule has 0 aromatic heterocycles. The maximum atomic E-state index is 11.4. The lowest BCUT2D eigenvalue weighted by atomic mass is 10.2. The lowest BCUT2D eigenvalue weighted by Crippen LogP contribution is -2.43. The number of nitrogens with zero attached hydrogens (tertiary/aromatic N) is 3. The Morgan fingerprint density at radius 1 is 1.42 bits per heavy atom. The summed E-state index contributed by atoms with van der Waals surface area (Å²) in [6.45, 7) is -0.354. The van der Waals surface area contributed by atoms with Gasteiger partial charge >= 0.3 is 12.1 Å². The predicted molar refractivity (Wildman–Crippen MR) is 65.2 cm³/mol. The molecule has 8 nitrogen and oxygen atoms in total. The van der Waals surface area contributed by atoms with Crippen molar-refractivity contribution in [2.75, 3.05) is 6.54 Å². The van der Waals surface area contributed by atoms with Crippen LogP contribution in [0.4, 0.5) is 4.79 Å². The largest absolute Gasteiger partial charge is 0.480 e. The number of nitrogens with one attached hydrogen (secondary N) is 1. The van der Waals surface area contributed by atoms with E-state index in [4.69, 9.17) is 15.4 Å².